The van der Waals surface area contributed by atoms with E-state index in [4.69, 9.17) is 4.74 Å². The average molecular weight is 445 g/mol. The zero-order valence-electron chi connectivity index (χ0n) is 17.9. The molecule has 2 aromatic rings. The van der Waals surface area contributed by atoms with E-state index in [1.54, 1.807) is 36.1 Å². The monoisotopic (exact) mass is 444 g/mol. The molecule has 8 heteroatoms. The number of anilines is 1. The van der Waals surface area contributed by atoms with E-state index in [9.17, 15) is 18.0 Å². The summed E-state index contributed by atoms with van der Waals surface area (Å²) >= 11 is 0. The second kappa shape index (κ2) is 9.96. The Morgan fingerprint density at radius 1 is 1.06 bits per heavy atom. The van der Waals surface area contributed by atoms with E-state index >= 15 is 0 Å². The summed E-state index contributed by atoms with van der Waals surface area (Å²) in [6, 6.07) is 14.6. The van der Waals surface area contributed by atoms with Crippen LogP contribution < -0.4 is 4.31 Å². The van der Waals surface area contributed by atoms with Crippen molar-refractivity contribution in [2.75, 3.05) is 24.0 Å². The molecule has 0 bridgehead atoms. The molecule has 1 aliphatic heterocycles. The normalized spacial score (nSPS) is 16.6. The van der Waals surface area contributed by atoms with Crippen LogP contribution in [-0.4, -0.2) is 50.9 Å². The van der Waals surface area contributed by atoms with Crippen molar-refractivity contribution in [1.82, 2.24) is 4.90 Å². The molecule has 0 N–H and O–H groups in total. The Labute approximate surface area is 183 Å². The van der Waals surface area contributed by atoms with Crippen LogP contribution in [0, 0.1) is 0 Å². The molecule has 166 valence electrons. The van der Waals surface area contributed by atoms with Gasteiger partial charge in [-0.15, -0.1) is 0 Å². The number of carbonyl (C=O) groups is 2. The Hall–Kier alpha value is -2.87. The second-order valence-corrected chi connectivity index (χ2v) is 9.40. The molecule has 1 aliphatic rings. The largest absolute Gasteiger partial charge is 0.452 e. The third-order valence-electron chi connectivity index (χ3n) is 5.46. The molecule has 0 radical (unpaired) electrons. The molecule has 1 amide bonds. The number of ether oxygens (including phenoxy) is 1. The van der Waals surface area contributed by atoms with Gasteiger partial charge in [0.05, 0.1) is 16.1 Å². The molecule has 2 aromatic carbocycles. The van der Waals surface area contributed by atoms with Gasteiger partial charge in [0.25, 0.3) is 15.9 Å². The molecule has 1 atom stereocenters. The summed E-state index contributed by atoms with van der Waals surface area (Å²) in [6.07, 6.45) is 3.00. The number of piperidine rings is 1. The van der Waals surface area contributed by atoms with E-state index < -0.39 is 16.0 Å². The Kier molecular flexibility index (Phi) is 7.33. The number of benzene rings is 2. The number of esters is 1. The Morgan fingerprint density at radius 3 is 2.35 bits per heavy atom. The van der Waals surface area contributed by atoms with Gasteiger partial charge in [-0.2, -0.15) is 0 Å². The van der Waals surface area contributed by atoms with Crippen molar-refractivity contribution in [3.63, 3.8) is 0 Å². The van der Waals surface area contributed by atoms with Crippen LogP contribution in [0.1, 0.15) is 43.5 Å². The van der Waals surface area contributed by atoms with E-state index in [0.29, 0.717) is 12.2 Å². The van der Waals surface area contributed by atoms with Crippen molar-refractivity contribution in [2.45, 2.75) is 44.0 Å². The second-order valence-electron chi connectivity index (χ2n) is 7.54. The van der Waals surface area contributed by atoms with Gasteiger partial charge in [0, 0.05) is 19.1 Å². The molecular formula is C23H28N2O5S. The topological polar surface area (TPSA) is 84.0 Å². The van der Waals surface area contributed by atoms with Crippen LogP contribution in [0.15, 0.2) is 59.5 Å². The number of para-hydroxylation sites is 1. The van der Waals surface area contributed by atoms with Gasteiger partial charge >= 0.3 is 5.97 Å². The fourth-order valence-corrected chi connectivity index (χ4v) is 5.21. The van der Waals surface area contributed by atoms with E-state index in [0.717, 1.165) is 19.3 Å². The van der Waals surface area contributed by atoms with Gasteiger partial charge < -0.3 is 9.64 Å². The highest BCUT2D eigenvalue weighted by Gasteiger charge is 2.25. The molecule has 0 aliphatic carbocycles. The highest BCUT2D eigenvalue weighted by atomic mass is 32.2. The van der Waals surface area contributed by atoms with Gasteiger partial charge in [-0.05, 0) is 69.5 Å². The molecule has 1 saturated heterocycles. The minimum Gasteiger partial charge on any atom is -0.452 e. The summed E-state index contributed by atoms with van der Waals surface area (Å²) in [5.41, 5.74) is 0.764. The summed E-state index contributed by atoms with van der Waals surface area (Å²) in [5.74, 6) is -0.862. The summed E-state index contributed by atoms with van der Waals surface area (Å²) in [5, 5.41) is 0. The van der Waals surface area contributed by atoms with Crippen LogP contribution >= 0.6 is 0 Å². The van der Waals surface area contributed by atoms with Crippen LogP contribution in [0.3, 0.4) is 0 Å². The molecule has 0 saturated carbocycles. The van der Waals surface area contributed by atoms with Crippen molar-refractivity contribution in [1.29, 1.82) is 0 Å². The van der Waals surface area contributed by atoms with Crippen LogP contribution in [0.25, 0.3) is 0 Å². The number of amides is 1. The minimum atomic E-state index is -3.77. The van der Waals surface area contributed by atoms with Gasteiger partial charge in [0.2, 0.25) is 0 Å². The molecule has 0 unspecified atom stereocenters. The number of rotatable bonds is 7. The van der Waals surface area contributed by atoms with Crippen molar-refractivity contribution in [3.05, 3.63) is 60.2 Å². The standard InChI is InChI=1S/C23H28N2O5S/c1-3-25(20-10-5-4-6-11-20)31(28,29)21-14-12-19(13-15-21)23(27)30-17-22(26)24-16-8-7-9-18(24)2/h4-6,10-15,18H,3,7-9,16-17H2,1-2H3/t18-/m0/s1. The van der Waals surface area contributed by atoms with Gasteiger partial charge in [0.15, 0.2) is 6.61 Å². The summed E-state index contributed by atoms with van der Waals surface area (Å²) in [7, 11) is -3.77. The first-order chi connectivity index (χ1) is 14.8. The lowest BCUT2D eigenvalue weighted by atomic mass is 10.0. The summed E-state index contributed by atoms with van der Waals surface area (Å²) in [4.78, 5) is 26.5. The number of nitrogens with zero attached hydrogens (tertiary/aromatic N) is 2. The lowest BCUT2D eigenvalue weighted by Crippen LogP contribution is -2.44. The highest BCUT2D eigenvalue weighted by Crippen LogP contribution is 2.23. The minimum absolute atomic E-state index is 0.0768. The maximum absolute atomic E-state index is 13.0. The van der Waals surface area contributed by atoms with E-state index in [1.807, 2.05) is 13.0 Å². The molecule has 1 heterocycles. The lowest BCUT2D eigenvalue weighted by molar-refractivity contribution is -0.137. The average Bonchev–Trinajstić information content (AvgIpc) is 2.78. The Morgan fingerprint density at radius 2 is 1.74 bits per heavy atom. The first-order valence-electron chi connectivity index (χ1n) is 10.5. The van der Waals surface area contributed by atoms with Crippen LogP contribution in [0.4, 0.5) is 5.69 Å². The molecule has 1 fully saturated rings. The van der Waals surface area contributed by atoms with E-state index in [1.165, 1.54) is 28.6 Å². The van der Waals surface area contributed by atoms with Gasteiger partial charge in [-0.3, -0.25) is 9.10 Å². The van der Waals surface area contributed by atoms with Crippen molar-refractivity contribution >= 4 is 27.6 Å². The summed E-state index contributed by atoms with van der Waals surface area (Å²) in [6.45, 7) is 4.39. The SMILES string of the molecule is CCN(c1ccccc1)S(=O)(=O)c1ccc(C(=O)OCC(=O)N2CCCC[C@@H]2C)cc1. The molecule has 0 spiro atoms. The molecule has 0 aromatic heterocycles. The molecule has 7 nitrogen and oxygen atoms in total. The quantitative estimate of drug-likeness (QED) is 0.611. The fourth-order valence-electron chi connectivity index (χ4n) is 3.74. The zero-order valence-corrected chi connectivity index (χ0v) is 18.7. The molecule has 31 heavy (non-hydrogen) atoms. The maximum Gasteiger partial charge on any atom is 0.338 e. The van der Waals surface area contributed by atoms with Crippen molar-refractivity contribution < 1.29 is 22.7 Å². The van der Waals surface area contributed by atoms with Gasteiger partial charge in [-0.1, -0.05) is 18.2 Å². The Balaban J connectivity index is 1.66. The first-order valence-corrected chi connectivity index (χ1v) is 11.9. The third kappa shape index (κ3) is 5.25. The maximum atomic E-state index is 13.0. The fraction of sp³-hybridized carbons (Fsp3) is 0.391. The van der Waals surface area contributed by atoms with E-state index in [-0.39, 0.29) is 35.6 Å². The number of carbonyl (C=O) groups excluding carboxylic acids is 2. The highest BCUT2D eigenvalue weighted by molar-refractivity contribution is 7.92. The molecular weight excluding hydrogens is 416 g/mol. The smallest absolute Gasteiger partial charge is 0.338 e. The van der Waals surface area contributed by atoms with Crippen molar-refractivity contribution in [2.24, 2.45) is 0 Å². The Bertz CT molecular complexity index is 1010. The predicted octanol–water partition coefficient (Wildman–Crippen LogP) is 3.46. The number of hydrogen-bond donors (Lipinski definition) is 0. The first kappa shape index (κ1) is 22.8. The predicted molar refractivity (Wildman–Crippen MR) is 118 cm³/mol. The summed E-state index contributed by atoms with van der Waals surface area (Å²) < 4.78 is 32.5. The number of sulfonamides is 1. The lowest BCUT2D eigenvalue weighted by Gasteiger charge is -2.33. The van der Waals surface area contributed by atoms with E-state index in [2.05, 4.69) is 0 Å². The van der Waals surface area contributed by atoms with Crippen molar-refractivity contribution in [3.8, 4) is 0 Å². The van der Waals surface area contributed by atoms with Crippen LogP contribution in [-0.2, 0) is 19.6 Å². The third-order valence-corrected chi connectivity index (χ3v) is 7.38. The number of hydrogen-bond acceptors (Lipinski definition) is 5. The van der Waals surface area contributed by atoms with Crippen LogP contribution in [0.2, 0.25) is 0 Å². The van der Waals surface area contributed by atoms with Gasteiger partial charge in [0.1, 0.15) is 0 Å². The van der Waals surface area contributed by atoms with Crippen LogP contribution in [0.5, 0.6) is 0 Å². The number of likely N-dealkylation sites (tertiary alicyclic amines) is 1. The zero-order chi connectivity index (χ0) is 22.4. The molecule has 3 rings (SSSR count). The van der Waals surface area contributed by atoms with Gasteiger partial charge in [-0.25, -0.2) is 13.2 Å².